The number of thiocarbonyl (C=S) groups is 1. The summed E-state index contributed by atoms with van der Waals surface area (Å²) in [5, 5.41) is 9.07. The molecule has 2 heterocycles. The van der Waals surface area contributed by atoms with Crippen molar-refractivity contribution < 1.29 is 9.26 Å². The molecule has 0 aliphatic carbocycles. The number of rotatable bonds is 7. The first-order valence-electron chi connectivity index (χ1n) is 10.9. The topological polar surface area (TPSA) is 63.4 Å². The van der Waals surface area contributed by atoms with Crippen LogP contribution in [0.4, 0.5) is 0 Å². The van der Waals surface area contributed by atoms with Gasteiger partial charge in [0.05, 0.1) is 18.7 Å². The van der Waals surface area contributed by atoms with Crippen molar-refractivity contribution >= 4 is 34.5 Å². The van der Waals surface area contributed by atoms with Crippen LogP contribution in [-0.2, 0) is 0 Å². The number of hydrogen-bond acceptors (Lipinski definition) is 5. The molecule has 1 unspecified atom stereocenters. The summed E-state index contributed by atoms with van der Waals surface area (Å²) in [6.45, 7) is 7.27. The minimum absolute atomic E-state index is 0.249. The van der Waals surface area contributed by atoms with Gasteiger partial charge in [-0.15, -0.1) is 0 Å². The quantitative estimate of drug-likeness (QED) is 0.408. The van der Waals surface area contributed by atoms with Crippen LogP contribution >= 0.6 is 23.8 Å². The van der Waals surface area contributed by atoms with E-state index in [0.29, 0.717) is 27.8 Å². The lowest BCUT2D eigenvalue weighted by Gasteiger charge is -2.37. The van der Waals surface area contributed by atoms with Gasteiger partial charge in [0.2, 0.25) is 5.82 Å². The van der Waals surface area contributed by atoms with Crippen LogP contribution < -0.4 is 10.1 Å². The molecule has 172 valence electrons. The van der Waals surface area contributed by atoms with Crippen molar-refractivity contribution in [2.45, 2.75) is 33.2 Å². The second kappa shape index (κ2) is 9.93. The van der Waals surface area contributed by atoms with Crippen LogP contribution in [-0.4, -0.2) is 33.8 Å². The molecule has 1 aliphatic rings. The molecule has 0 saturated heterocycles. The molecule has 1 atom stereocenters. The van der Waals surface area contributed by atoms with Gasteiger partial charge in [-0.05, 0) is 73.4 Å². The van der Waals surface area contributed by atoms with E-state index in [1.54, 1.807) is 7.11 Å². The Morgan fingerprint density at radius 2 is 1.97 bits per heavy atom. The predicted molar refractivity (Wildman–Crippen MR) is 135 cm³/mol. The van der Waals surface area contributed by atoms with Gasteiger partial charge in [-0.1, -0.05) is 42.7 Å². The molecule has 0 fully saturated rings. The monoisotopic (exact) mass is 482 g/mol. The highest BCUT2D eigenvalue weighted by atomic mass is 35.5. The van der Waals surface area contributed by atoms with Gasteiger partial charge >= 0.3 is 0 Å². The minimum Gasteiger partial charge on any atom is -0.497 e. The van der Waals surface area contributed by atoms with Crippen molar-refractivity contribution in [1.82, 2.24) is 20.4 Å². The van der Waals surface area contributed by atoms with Gasteiger partial charge in [0, 0.05) is 22.8 Å². The lowest BCUT2D eigenvalue weighted by molar-refractivity contribution is 0.390. The number of nitrogens with one attached hydrogen (secondary N) is 1. The molecule has 33 heavy (non-hydrogen) atoms. The Morgan fingerprint density at radius 3 is 2.67 bits per heavy atom. The van der Waals surface area contributed by atoms with Gasteiger partial charge < -0.3 is 19.5 Å². The SMILES string of the molecule is COc1cccc(C2NC(=S)N(CCC(C)C)C(C)=C2c2nc(-c3ccc(Cl)cc3)no2)c1. The summed E-state index contributed by atoms with van der Waals surface area (Å²) < 4.78 is 11.2. The smallest absolute Gasteiger partial charge is 0.258 e. The lowest BCUT2D eigenvalue weighted by Crippen LogP contribution is -2.46. The number of benzene rings is 2. The molecule has 0 saturated carbocycles. The summed E-state index contributed by atoms with van der Waals surface area (Å²) in [6, 6.07) is 15.0. The van der Waals surface area contributed by atoms with Gasteiger partial charge in [-0.3, -0.25) is 0 Å². The fraction of sp³-hybridized carbons (Fsp3) is 0.320. The van der Waals surface area contributed by atoms with Crippen molar-refractivity contribution in [2.24, 2.45) is 5.92 Å². The van der Waals surface area contributed by atoms with E-state index in [9.17, 15) is 0 Å². The Bertz CT molecular complexity index is 1170. The van der Waals surface area contributed by atoms with Crippen molar-refractivity contribution in [3.8, 4) is 17.1 Å². The van der Waals surface area contributed by atoms with E-state index < -0.39 is 0 Å². The van der Waals surface area contributed by atoms with E-state index in [0.717, 1.165) is 41.1 Å². The van der Waals surface area contributed by atoms with Crippen LogP contribution in [0.1, 0.15) is 44.7 Å². The summed E-state index contributed by atoms with van der Waals surface area (Å²) >= 11 is 11.8. The van der Waals surface area contributed by atoms with Crippen LogP contribution in [0.5, 0.6) is 5.75 Å². The van der Waals surface area contributed by atoms with Crippen LogP contribution in [0.3, 0.4) is 0 Å². The third kappa shape index (κ3) is 5.04. The molecule has 1 N–H and O–H groups in total. The largest absolute Gasteiger partial charge is 0.497 e. The number of halogens is 1. The van der Waals surface area contributed by atoms with Gasteiger partial charge in [0.15, 0.2) is 5.11 Å². The average Bonchev–Trinajstić information content (AvgIpc) is 3.28. The van der Waals surface area contributed by atoms with Gasteiger partial charge in [0.1, 0.15) is 5.75 Å². The molecule has 0 amide bonds. The number of hydrogen-bond donors (Lipinski definition) is 1. The van der Waals surface area contributed by atoms with Crippen molar-refractivity contribution in [2.75, 3.05) is 13.7 Å². The first-order valence-corrected chi connectivity index (χ1v) is 11.7. The summed E-state index contributed by atoms with van der Waals surface area (Å²) in [5.41, 5.74) is 3.73. The molecule has 0 bridgehead atoms. The molecule has 8 heteroatoms. The number of allylic oxidation sites excluding steroid dienone is 1. The Hall–Kier alpha value is -2.90. The van der Waals surface area contributed by atoms with E-state index in [-0.39, 0.29) is 6.04 Å². The molecule has 0 spiro atoms. The first kappa shape index (κ1) is 23.3. The Balaban J connectivity index is 1.79. The maximum Gasteiger partial charge on any atom is 0.258 e. The van der Waals surface area contributed by atoms with Crippen molar-refractivity contribution in [1.29, 1.82) is 0 Å². The van der Waals surface area contributed by atoms with E-state index in [2.05, 4.69) is 36.1 Å². The van der Waals surface area contributed by atoms with Gasteiger partial charge in [-0.2, -0.15) is 4.98 Å². The zero-order chi connectivity index (χ0) is 23.5. The average molecular weight is 483 g/mol. The number of aromatic nitrogens is 2. The number of ether oxygens (including phenoxy) is 1. The molecular formula is C25H27ClN4O2S. The van der Waals surface area contributed by atoms with Crippen LogP contribution in [0, 0.1) is 5.92 Å². The van der Waals surface area contributed by atoms with Gasteiger partial charge in [0.25, 0.3) is 5.89 Å². The maximum atomic E-state index is 6.03. The summed E-state index contributed by atoms with van der Waals surface area (Å²) in [7, 11) is 1.66. The van der Waals surface area contributed by atoms with Crippen LogP contribution in [0.25, 0.3) is 17.0 Å². The molecule has 3 aromatic rings. The van der Waals surface area contributed by atoms with Crippen molar-refractivity contribution in [3.63, 3.8) is 0 Å². The zero-order valence-corrected chi connectivity index (χ0v) is 20.7. The molecule has 4 rings (SSSR count). The van der Waals surface area contributed by atoms with Crippen LogP contribution in [0.2, 0.25) is 5.02 Å². The van der Waals surface area contributed by atoms with E-state index >= 15 is 0 Å². The lowest BCUT2D eigenvalue weighted by atomic mass is 9.94. The molecule has 1 aromatic heterocycles. The molecule has 2 aromatic carbocycles. The molecule has 6 nitrogen and oxygen atoms in total. The summed E-state index contributed by atoms with van der Waals surface area (Å²) in [6.07, 6.45) is 1.01. The number of nitrogens with zero attached hydrogens (tertiary/aromatic N) is 3. The number of methoxy groups -OCH3 is 1. The Kier molecular flexibility index (Phi) is 7.00. The second-order valence-corrected chi connectivity index (χ2v) is 9.25. The van der Waals surface area contributed by atoms with Gasteiger partial charge in [-0.25, -0.2) is 0 Å². The van der Waals surface area contributed by atoms with E-state index in [1.807, 2.05) is 48.5 Å². The second-order valence-electron chi connectivity index (χ2n) is 8.42. The fourth-order valence-corrected chi connectivity index (χ4v) is 4.31. The minimum atomic E-state index is -0.249. The highest BCUT2D eigenvalue weighted by molar-refractivity contribution is 7.80. The standard InChI is InChI=1S/C25H27ClN4O2S/c1-15(2)12-13-30-16(3)21(22(27-25(30)33)18-6-5-7-20(14-18)31-4)24-28-23(29-32-24)17-8-10-19(26)11-9-17/h5-11,14-15,22H,12-13H2,1-4H3,(H,27,33). The Labute approximate surface area is 204 Å². The van der Waals surface area contributed by atoms with Crippen molar-refractivity contribution in [3.05, 3.63) is 70.7 Å². The molecule has 1 aliphatic heterocycles. The highest BCUT2D eigenvalue weighted by Gasteiger charge is 2.34. The summed E-state index contributed by atoms with van der Waals surface area (Å²) in [5.74, 6) is 2.29. The molecular weight excluding hydrogens is 456 g/mol. The maximum absolute atomic E-state index is 6.03. The third-order valence-corrected chi connectivity index (χ3v) is 6.30. The normalized spacial score (nSPS) is 16.4. The molecule has 0 radical (unpaired) electrons. The zero-order valence-electron chi connectivity index (χ0n) is 19.1. The van der Waals surface area contributed by atoms with E-state index in [1.165, 1.54) is 0 Å². The third-order valence-electron chi connectivity index (χ3n) is 5.71. The summed E-state index contributed by atoms with van der Waals surface area (Å²) in [4.78, 5) is 6.86. The first-order chi connectivity index (χ1) is 15.9. The van der Waals surface area contributed by atoms with Crippen LogP contribution in [0.15, 0.2) is 58.8 Å². The van der Waals surface area contributed by atoms with E-state index in [4.69, 9.17) is 38.1 Å². The Morgan fingerprint density at radius 1 is 1.21 bits per heavy atom. The fourth-order valence-electron chi connectivity index (χ4n) is 3.84. The highest BCUT2D eigenvalue weighted by Crippen LogP contribution is 2.38. The predicted octanol–water partition coefficient (Wildman–Crippen LogP) is 6.11.